The van der Waals surface area contributed by atoms with Gasteiger partial charge >= 0.3 is 0 Å². The Morgan fingerprint density at radius 1 is 1.05 bits per heavy atom. The molecule has 0 unspecified atom stereocenters. The highest BCUT2D eigenvalue weighted by molar-refractivity contribution is 7.92. The van der Waals surface area contributed by atoms with E-state index in [0.717, 1.165) is 18.2 Å². The van der Waals surface area contributed by atoms with E-state index in [-0.39, 0.29) is 12.2 Å². The first-order valence-electron chi connectivity index (χ1n) is 5.69. The molecule has 0 radical (unpaired) electrons. The van der Waals surface area contributed by atoms with Crippen molar-refractivity contribution in [1.82, 2.24) is 0 Å². The smallest absolute Gasteiger partial charge is 0.264 e. The van der Waals surface area contributed by atoms with Crippen LogP contribution in [-0.2, 0) is 16.6 Å². The molecular weight excluding hydrogens is 286 g/mol. The van der Waals surface area contributed by atoms with Gasteiger partial charge in [-0.05, 0) is 42.0 Å². The zero-order chi connectivity index (χ0) is 14.8. The first kappa shape index (κ1) is 14.4. The minimum atomic E-state index is -4.09. The van der Waals surface area contributed by atoms with Crippen LogP contribution in [0.25, 0.3) is 0 Å². The summed E-state index contributed by atoms with van der Waals surface area (Å²) in [5, 5.41) is 0. The molecular formula is C13H12F2N2O2S. The summed E-state index contributed by atoms with van der Waals surface area (Å²) in [6.45, 7) is 0.0966. The molecule has 0 amide bonds. The van der Waals surface area contributed by atoms with Crippen molar-refractivity contribution in [3.63, 3.8) is 0 Å². The summed E-state index contributed by atoms with van der Waals surface area (Å²) < 4.78 is 52.8. The number of benzene rings is 2. The van der Waals surface area contributed by atoms with Gasteiger partial charge in [0.1, 0.15) is 16.5 Å². The molecule has 0 heterocycles. The molecule has 20 heavy (non-hydrogen) atoms. The van der Waals surface area contributed by atoms with Crippen LogP contribution in [0.3, 0.4) is 0 Å². The monoisotopic (exact) mass is 298 g/mol. The van der Waals surface area contributed by atoms with E-state index in [2.05, 4.69) is 4.72 Å². The molecule has 0 aliphatic carbocycles. The predicted octanol–water partition coefficient (Wildman–Crippen LogP) is 2.22. The fourth-order valence-electron chi connectivity index (χ4n) is 1.61. The van der Waals surface area contributed by atoms with Gasteiger partial charge in [-0.15, -0.1) is 0 Å². The van der Waals surface area contributed by atoms with Gasteiger partial charge in [-0.2, -0.15) is 0 Å². The van der Waals surface area contributed by atoms with Crippen molar-refractivity contribution >= 4 is 15.7 Å². The van der Waals surface area contributed by atoms with Gasteiger partial charge in [0, 0.05) is 12.2 Å². The molecule has 2 rings (SSSR count). The second-order valence-corrected chi connectivity index (χ2v) is 5.73. The highest BCUT2D eigenvalue weighted by Crippen LogP contribution is 2.20. The van der Waals surface area contributed by atoms with Crippen LogP contribution < -0.4 is 10.5 Å². The van der Waals surface area contributed by atoms with Crippen LogP contribution in [-0.4, -0.2) is 8.42 Å². The Kier molecular flexibility index (Phi) is 4.01. The van der Waals surface area contributed by atoms with E-state index in [1.165, 1.54) is 24.3 Å². The molecule has 7 heteroatoms. The Balaban J connectivity index is 2.37. The van der Waals surface area contributed by atoms with Crippen LogP contribution in [0, 0.1) is 11.6 Å². The average molecular weight is 298 g/mol. The fourth-order valence-corrected chi connectivity index (χ4v) is 2.80. The van der Waals surface area contributed by atoms with Gasteiger partial charge in [-0.25, -0.2) is 17.2 Å². The van der Waals surface area contributed by atoms with Gasteiger partial charge in [-0.3, -0.25) is 4.72 Å². The van der Waals surface area contributed by atoms with Gasteiger partial charge < -0.3 is 5.73 Å². The Morgan fingerprint density at radius 3 is 2.30 bits per heavy atom. The molecule has 2 aromatic carbocycles. The van der Waals surface area contributed by atoms with E-state index in [4.69, 9.17) is 5.73 Å². The van der Waals surface area contributed by atoms with Gasteiger partial charge in [-0.1, -0.05) is 6.07 Å². The Bertz CT molecular complexity index is 716. The SMILES string of the molecule is NCc1ccc(F)c(S(=O)(=O)Nc2ccc(F)cc2)c1. The molecule has 0 aromatic heterocycles. The minimum absolute atomic E-state index is 0.0966. The minimum Gasteiger partial charge on any atom is -0.326 e. The van der Waals surface area contributed by atoms with Crippen molar-refractivity contribution in [2.75, 3.05) is 4.72 Å². The first-order chi connectivity index (χ1) is 9.42. The molecule has 0 saturated heterocycles. The predicted molar refractivity (Wildman–Crippen MR) is 71.5 cm³/mol. The fraction of sp³-hybridized carbons (Fsp3) is 0.0769. The maximum atomic E-state index is 13.6. The van der Waals surface area contributed by atoms with Gasteiger partial charge in [0.05, 0.1) is 0 Å². The third kappa shape index (κ3) is 3.12. The summed E-state index contributed by atoms with van der Waals surface area (Å²) in [6, 6.07) is 8.32. The maximum absolute atomic E-state index is 13.6. The molecule has 2 aromatic rings. The number of halogens is 2. The van der Waals surface area contributed by atoms with E-state index in [1.807, 2.05) is 0 Å². The van der Waals surface area contributed by atoms with Crippen LogP contribution >= 0.6 is 0 Å². The van der Waals surface area contributed by atoms with E-state index >= 15 is 0 Å². The molecule has 4 nitrogen and oxygen atoms in total. The van der Waals surface area contributed by atoms with E-state index in [0.29, 0.717) is 5.56 Å². The molecule has 0 fully saturated rings. The molecule has 0 bridgehead atoms. The Morgan fingerprint density at radius 2 is 1.70 bits per heavy atom. The highest BCUT2D eigenvalue weighted by Gasteiger charge is 2.19. The van der Waals surface area contributed by atoms with Gasteiger partial charge in [0.15, 0.2) is 0 Å². The van der Waals surface area contributed by atoms with Crippen molar-refractivity contribution in [2.45, 2.75) is 11.4 Å². The summed E-state index contributed by atoms with van der Waals surface area (Å²) in [4.78, 5) is -0.496. The molecule has 0 aliphatic rings. The molecule has 0 aliphatic heterocycles. The lowest BCUT2D eigenvalue weighted by Gasteiger charge is -2.10. The third-order valence-electron chi connectivity index (χ3n) is 2.62. The van der Waals surface area contributed by atoms with Crippen molar-refractivity contribution in [2.24, 2.45) is 5.73 Å². The number of nitrogens with one attached hydrogen (secondary N) is 1. The second-order valence-electron chi connectivity index (χ2n) is 4.08. The van der Waals surface area contributed by atoms with Crippen molar-refractivity contribution in [3.05, 3.63) is 59.7 Å². The van der Waals surface area contributed by atoms with E-state index in [1.54, 1.807) is 0 Å². The van der Waals surface area contributed by atoms with Crippen LogP contribution in [0.1, 0.15) is 5.56 Å². The van der Waals surface area contributed by atoms with E-state index in [9.17, 15) is 17.2 Å². The average Bonchev–Trinajstić information content (AvgIpc) is 2.41. The maximum Gasteiger partial charge on any atom is 0.264 e. The lowest BCUT2D eigenvalue weighted by Crippen LogP contribution is -2.15. The molecule has 106 valence electrons. The first-order valence-corrected chi connectivity index (χ1v) is 7.17. The zero-order valence-corrected chi connectivity index (χ0v) is 11.1. The van der Waals surface area contributed by atoms with Crippen LogP contribution in [0.4, 0.5) is 14.5 Å². The number of sulfonamides is 1. The standard InChI is InChI=1S/C13H12F2N2O2S/c14-10-2-4-11(5-3-10)17-20(18,19)13-7-9(8-16)1-6-12(13)15/h1-7,17H,8,16H2. The Hall–Kier alpha value is -1.99. The lowest BCUT2D eigenvalue weighted by molar-refractivity contribution is 0.569. The quantitative estimate of drug-likeness (QED) is 0.909. The van der Waals surface area contributed by atoms with Gasteiger partial charge in [0.25, 0.3) is 10.0 Å². The van der Waals surface area contributed by atoms with Gasteiger partial charge in [0.2, 0.25) is 0 Å². The van der Waals surface area contributed by atoms with Crippen molar-refractivity contribution in [1.29, 1.82) is 0 Å². The molecule has 0 atom stereocenters. The Labute approximate surface area is 115 Å². The zero-order valence-electron chi connectivity index (χ0n) is 10.3. The lowest BCUT2D eigenvalue weighted by atomic mass is 10.2. The topological polar surface area (TPSA) is 72.2 Å². The number of rotatable bonds is 4. The third-order valence-corrected chi connectivity index (χ3v) is 4.01. The summed E-state index contributed by atoms with van der Waals surface area (Å²) in [5.41, 5.74) is 6.04. The van der Waals surface area contributed by atoms with Crippen LogP contribution in [0.5, 0.6) is 0 Å². The number of hydrogen-bond donors (Lipinski definition) is 2. The summed E-state index contributed by atoms with van der Waals surface area (Å²) in [7, 11) is -4.09. The highest BCUT2D eigenvalue weighted by atomic mass is 32.2. The molecule has 0 spiro atoms. The largest absolute Gasteiger partial charge is 0.326 e. The van der Waals surface area contributed by atoms with E-state index < -0.39 is 26.6 Å². The number of hydrogen-bond acceptors (Lipinski definition) is 3. The second kappa shape index (κ2) is 5.56. The van der Waals surface area contributed by atoms with Crippen LogP contribution in [0.2, 0.25) is 0 Å². The number of anilines is 1. The number of nitrogens with two attached hydrogens (primary N) is 1. The van der Waals surface area contributed by atoms with Crippen molar-refractivity contribution in [3.8, 4) is 0 Å². The van der Waals surface area contributed by atoms with Crippen molar-refractivity contribution < 1.29 is 17.2 Å². The molecule has 0 saturated carbocycles. The normalized spacial score (nSPS) is 11.3. The van der Waals surface area contributed by atoms with Crippen LogP contribution in [0.15, 0.2) is 47.4 Å². The summed E-state index contributed by atoms with van der Waals surface area (Å²) in [6.07, 6.45) is 0. The summed E-state index contributed by atoms with van der Waals surface area (Å²) in [5.74, 6) is -1.37. The summed E-state index contributed by atoms with van der Waals surface area (Å²) >= 11 is 0. The molecule has 3 N–H and O–H groups in total.